The fourth-order valence-electron chi connectivity index (χ4n) is 2.41. The summed E-state index contributed by atoms with van der Waals surface area (Å²) >= 11 is 1.60. The largest absolute Gasteiger partial charge is 0.423 e. The molecule has 0 amide bonds. The molecule has 2 aromatic carbocycles. The number of thiazole rings is 1. The molecule has 22 heavy (non-hydrogen) atoms. The predicted octanol–water partition coefficient (Wildman–Crippen LogP) is 5.11. The van der Waals surface area contributed by atoms with Crippen LogP contribution in [0.3, 0.4) is 0 Å². The van der Waals surface area contributed by atoms with Crippen molar-refractivity contribution < 1.29 is 4.42 Å². The van der Waals surface area contributed by atoms with E-state index in [1.807, 2.05) is 18.2 Å². The van der Waals surface area contributed by atoms with Crippen LogP contribution in [0.25, 0.3) is 21.3 Å². The number of aryl methyl sites for hydroxylation is 3. The molecule has 0 atom stereocenters. The number of hydrogen-bond acceptors (Lipinski definition) is 5. The van der Waals surface area contributed by atoms with Gasteiger partial charge in [0.15, 0.2) is 10.7 Å². The van der Waals surface area contributed by atoms with E-state index in [1.165, 1.54) is 16.7 Å². The molecule has 2 heterocycles. The lowest BCUT2D eigenvalue weighted by molar-refractivity contribution is 0.622. The molecular formula is C17H15N3OS. The molecule has 0 aliphatic rings. The second-order valence-corrected chi connectivity index (χ2v) is 6.57. The van der Waals surface area contributed by atoms with Crippen molar-refractivity contribution in [1.82, 2.24) is 9.97 Å². The SMILES string of the molecule is Cc1ccc2nc(Nc3nc4cc(C)c(C)cc4o3)sc2c1. The quantitative estimate of drug-likeness (QED) is 0.559. The van der Waals surface area contributed by atoms with Crippen LogP contribution in [-0.4, -0.2) is 9.97 Å². The molecule has 1 N–H and O–H groups in total. The van der Waals surface area contributed by atoms with Crippen molar-refractivity contribution in [2.75, 3.05) is 5.32 Å². The van der Waals surface area contributed by atoms with Gasteiger partial charge in [0.1, 0.15) is 5.52 Å². The Bertz CT molecular complexity index is 961. The normalized spacial score (nSPS) is 11.4. The van der Waals surface area contributed by atoms with Crippen LogP contribution in [-0.2, 0) is 0 Å². The highest BCUT2D eigenvalue weighted by Gasteiger charge is 2.10. The van der Waals surface area contributed by atoms with Crippen LogP contribution in [0.15, 0.2) is 34.7 Å². The summed E-state index contributed by atoms with van der Waals surface area (Å²) in [4.78, 5) is 9.05. The third-order valence-corrected chi connectivity index (χ3v) is 4.70. The van der Waals surface area contributed by atoms with Gasteiger partial charge in [0.25, 0.3) is 0 Å². The van der Waals surface area contributed by atoms with Crippen LogP contribution in [0.5, 0.6) is 0 Å². The molecule has 0 saturated carbocycles. The van der Waals surface area contributed by atoms with E-state index in [1.54, 1.807) is 11.3 Å². The van der Waals surface area contributed by atoms with E-state index >= 15 is 0 Å². The first-order chi connectivity index (χ1) is 10.6. The average Bonchev–Trinajstić information content (AvgIpc) is 3.02. The highest BCUT2D eigenvalue weighted by Crippen LogP contribution is 2.30. The van der Waals surface area contributed by atoms with Crippen LogP contribution in [0, 0.1) is 20.8 Å². The standard InChI is InChI=1S/C17H15N3OS/c1-9-4-5-12-15(6-9)22-17(19-12)20-16-18-13-7-10(2)11(3)8-14(13)21-16/h4-8H,1-3H3,(H,18,19,20). The van der Waals surface area contributed by atoms with E-state index in [-0.39, 0.29) is 0 Å². The minimum atomic E-state index is 0.482. The molecule has 0 unspecified atom stereocenters. The zero-order valence-corrected chi connectivity index (χ0v) is 13.4. The number of nitrogens with one attached hydrogen (secondary N) is 1. The van der Waals surface area contributed by atoms with Gasteiger partial charge < -0.3 is 4.42 Å². The monoisotopic (exact) mass is 309 g/mol. The first-order valence-electron chi connectivity index (χ1n) is 7.10. The van der Waals surface area contributed by atoms with Gasteiger partial charge in [0.05, 0.1) is 10.2 Å². The second kappa shape index (κ2) is 4.81. The summed E-state index contributed by atoms with van der Waals surface area (Å²) in [7, 11) is 0. The van der Waals surface area contributed by atoms with Crippen molar-refractivity contribution in [2.24, 2.45) is 0 Å². The van der Waals surface area contributed by atoms with E-state index in [0.717, 1.165) is 26.4 Å². The summed E-state index contributed by atoms with van der Waals surface area (Å²) in [6.07, 6.45) is 0. The van der Waals surface area contributed by atoms with E-state index in [0.29, 0.717) is 6.01 Å². The molecule has 0 aliphatic carbocycles. The number of benzene rings is 2. The highest BCUT2D eigenvalue weighted by molar-refractivity contribution is 7.22. The molecule has 5 heteroatoms. The fourth-order valence-corrected chi connectivity index (χ4v) is 3.36. The van der Waals surface area contributed by atoms with Crippen LogP contribution < -0.4 is 5.32 Å². The number of oxazole rings is 1. The second-order valence-electron chi connectivity index (χ2n) is 5.54. The molecule has 0 aliphatic heterocycles. The van der Waals surface area contributed by atoms with Gasteiger partial charge in [-0.25, -0.2) is 4.98 Å². The Morgan fingerprint density at radius 3 is 2.64 bits per heavy atom. The summed E-state index contributed by atoms with van der Waals surface area (Å²) in [6, 6.07) is 10.8. The Hall–Kier alpha value is -2.40. The topological polar surface area (TPSA) is 51.0 Å². The number of fused-ring (bicyclic) bond motifs is 2. The van der Waals surface area contributed by atoms with E-state index in [4.69, 9.17) is 4.42 Å². The Balaban J connectivity index is 1.72. The van der Waals surface area contributed by atoms with Gasteiger partial charge >= 0.3 is 6.01 Å². The molecule has 0 spiro atoms. The number of aromatic nitrogens is 2. The minimum absolute atomic E-state index is 0.482. The van der Waals surface area contributed by atoms with Gasteiger partial charge in [0.2, 0.25) is 0 Å². The minimum Gasteiger partial charge on any atom is -0.423 e. The Labute approximate surface area is 131 Å². The number of nitrogens with zero attached hydrogens (tertiary/aromatic N) is 2. The van der Waals surface area contributed by atoms with Crippen molar-refractivity contribution in [2.45, 2.75) is 20.8 Å². The summed E-state index contributed by atoms with van der Waals surface area (Å²) < 4.78 is 6.93. The smallest absolute Gasteiger partial charge is 0.302 e. The lowest BCUT2D eigenvalue weighted by atomic mass is 10.1. The molecular weight excluding hydrogens is 294 g/mol. The van der Waals surface area contributed by atoms with Gasteiger partial charge in [-0.05, 0) is 61.7 Å². The van der Waals surface area contributed by atoms with Crippen LogP contribution in [0.4, 0.5) is 11.1 Å². The average molecular weight is 309 g/mol. The maximum absolute atomic E-state index is 5.77. The lowest BCUT2D eigenvalue weighted by Crippen LogP contribution is -1.88. The summed E-state index contributed by atoms with van der Waals surface area (Å²) in [5, 5.41) is 3.96. The molecule has 0 saturated heterocycles. The fraction of sp³-hybridized carbons (Fsp3) is 0.176. The highest BCUT2D eigenvalue weighted by atomic mass is 32.1. The van der Waals surface area contributed by atoms with Gasteiger partial charge in [0, 0.05) is 0 Å². The third kappa shape index (κ3) is 2.23. The lowest BCUT2D eigenvalue weighted by Gasteiger charge is -1.96. The first-order valence-corrected chi connectivity index (χ1v) is 7.92. The first kappa shape index (κ1) is 13.3. The van der Waals surface area contributed by atoms with Crippen molar-refractivity contribution in [3.8, 4) is 0 Å². The van der Waals surface area contributed by atoms with Crippen molar-refractivity contribution >= 4 is 43.8 Å². The summed E-state index contributed by atoms with van der Waals surface area (Å²) in [5.74, 6) is 0. The Morgan fingerprint density at radius 1 is 0.955 bits per heavy atom. The molecule has 0 bridgehead atoms. The molecule has 0 radical (unpaired) electrons. The van der Waals surface area contributed by atoms with Crippen molar-refractivity contribution in [1.29, 1.82) is 0 Å². The molecule has 110 valence electrons. The van der Waals surface area contributed by atoms with Crippen LogP contribution >= 0.6 is 11.3 Å². The number of anilines is 2. The Morgan fingerprint density at radius 2 is 1.77 bits per heavy atom. The number of hydrogen-bond donors (Lipinski definition) is 1. The van der Waals surface area contributed by atoms with Gasteiger partial charge in [-0.3, -0.25) is 5.32 Å². The van der Waals surface area contributed by atoms with Gasteiger partial charge in [-0.15, -0.1) is 0 Å². The molecule has 4 nitrogen and oxygen atoms in total. The zero-order valence-electron chi connectivity index (χ0n) is 12.6. The summed E-state index contributed by atoms with van der Waals surface area (Å²) in [5.41, 5.74) is 6.29. The van der Waals surface area contributed by atoms with E-state index in [2.05, 4.69) is 48.2 Å². The summed E-state index contributed by atoms with van der Waals surface area (Å²) in [6.45, 7) is 6.23. The van der Waals surface area contributed by atoms with E-state index < -0.39 is 0 Å². The molecule has 4 aromatic rings. The van der Waals surface area contributed by atoms with Crippen LogP contribution in [0.1, 0.15) is 16.7 Å². The molecule has 4 rings (SSSR count). The van der Waals surface area contributed by atoms with Gasteiger partial charge in [-0.2, -0.15) is 4.98 Å². The maximum Gasteiger partial charge on any atom is 0.302 e. The van der Waals surface area contributed by atoms with Gasteiger partial charge in [-0.1, -0.05) is 17.4 Å². The third-order valence-electron chi connectivity index (χ3n) is 3.76. The van der Waals surface area contributed by atoms with Crippen molar-refractivity contribution in [3.63, 3.8) is 0 Å². The predicted molar refractivity (Wildman–Crippen MR) is 91.1 cm³/mol. The van der Waals surface area contributed by atoms with E-state index in [9.17, 15) is 0 Å². The Kier molecular flexibility index (Phi) is 2.90. The van der Waals surface area contributed by atoms with Crippen molar-refractivity contribution in [3.05, 3.63) is 47.0 Å². The zero-order chi connectivity index (χ0) is 15.3. The molecule has 2 aromatic heterocycles. The maximum atomic E-state index is 5.77. The number of rotatable bonds is 2. The molecule has 0 fully saturated rings. The van der Waals surface area contributed by atoms with Crippen LogP contribution in [0.2, 0.25) is 0 Å².